The van der Waals surface area contributed by atoms with Crippen molar-refractivity contribution in [1.29, 1.82) is 0 Å². The first-order valence-electron chi connectivity index (χ1n) is 5.47. The van der Waals surface area contributed by atoms with Gasteiger partial charge in [0.15, 0.2) is 0 Å². The smallest absolute Gasteiger partial charge is 0.232 e. The highest BCUT2D eigenvalue weighted by molar-refractivity contribution is 5.95. The summed E-state index contributed by atoms with van der Waals surface area (Å²) < 4.78 is 5.50. The molecule has 0 aliphatic heterocycles. The lowest BCUT2D eigenvalue weighted by Crippen LogP contribution is -2.27. The molecule has 4 heteroatoms. The lowest BCUT2D eigenvalue weighted by Gasteiger charge is -2.15. The van der Waals surface area contributed by atoms with Crippen molar-refractivity contribution in [1.82, 2.24) is 0 Å². The molecule has 0 spiro atoms. The first kappa shape index (κ1) is 11.5. The molecule has 1 amide bonds. The minimum absolute atomic E-state index is 0.0791. The van der Waals surface area contributed by atoms with E-state index in [1.165, 1.54) is 0 Å². The molecule has 0 aliphatic carbocycles. The van der Waals surface area contributed by atoms with Crippen LogP contribution in [-0.2, 0) is 4.79 Å². The van der Waals surface area contributed by atoms with Crippen molar-refractivity contribution in [3.8, 4) is 0 Å². The fourth-order valence-electron chi connectivity index (χ4n) is 1.42. The average Bonchev–Trinajstić information content (AvgIpc) is 2.57. The maximum atomic E-state index is 11.8. The fraction of sp³-hybridized carbons (Fsp3) is 0.308. The highest BCUT2D eigenvalue weighted by atomic mass is 16.4. The Balaban J connectivity index is 2.29. The first-order chi connectivity index (χ1) is 7.86. The monoisotopic (exact) mass is 232 g/mol. The average molecular weight is 232 g/mol. The Morgan fingerprint density at radius 2 is 2.00 bits per heavy atom. The van der Waals surface area contributed by atoms with Crippen molar-refractivity contribution in [3.63, 3.8) is 0 Å². The maximum Gasteiger partial charge on any atom is 0.232 e. The van der Waals surface area contributed by atoms with Gasteiger partial charge in [-0.1, -0.05) is 20.8 Å². The second kappa shape index (κ2) is 3.80. The van der Waals surface area contributed by atoms with Crippen molar-refractivity contribution >= 4 is 28.4 Å². The van der Waals surface area contributed by atoms with Crippen LogP contribution in [0.15, 0.2) is 28.7 Å². The van der Waals surface area contributed by atoms with E-state index in [1.54, 1.807) is 18.2 Å². The van der Waals surface area contributed by atoms with Gasteiger partial charge in [0.1, 0.15) is 5.58 Å². The predicted octanol–water partition coefficient (Wildman–Crippen LogP) is 3.00. The number of rotatable bonds is 1. The van der Waals surface area contributed by atoms with Gasteiger partial charge in [0, 0.05) is 22.6 Å². The number of nitrogens with one attached hydrogen (secondary N) is 1. The van der Waals surface area contributed by atoms with Gasteiger partial charge in [0.2, 0.25) is 11.8 Å². The van der Waals surface area contributed by atoms with Crippen molar-refractivity contribution in [3.05, 3.63) is 24.3 Å². The number of furan rings is 1. The van der Waals surface area contributed by atoms with Gasteiger partial charge >= 0.3 is 0 Å². The van der Waals surface area contributed by atoms with Crippen LogP contribution in [0, 0.1) is 5.41 Å². The van der Waals surface area contributed by atoms with Crippen molar-refractivity contribution in [2.24, 2.45) is 5.41 Å². The molecule has 0 fully saturated rings. The Kier molecular flexibility index (Phi) is 2.58. The van der Waals surface area contributed by atoms with Crippen LogP contribution in [0.5, 0.6) is 0 Å². The zero-order chi connectivity index (χ0) is 12.6. The molecule has 0 aliphatic rings. The van der Waals surface area contributed by atoms with Gasteiger partial charge in [0.05, 0.1) is 0 Å². The van der Waals surface area contributed by atoms with Crippen LogP contribution in [0.3, 0.4) is 0 Å². The summed E-state index contributed by atoms with van der Waals surface area (Å²) in [5.74, 6) is 0.370. The van der Waals surface area contributed by atoms with Gasteiger partial charge in [-0.05, 0) is 18.2 Å². The largest absolute Gasteiger partial charge is 0.440 e. The van der Waals surface area contributed by atoms with Crippen LogP contribution in [0.25, 0.3) is 11.0 Å². The molecule has 0 radical (unpaired) electrons. The zero-order valence-electron chi connectivity index (χ0n) is 10.2. The molecule has 1 aromatic heterocycles. The second-order valence-corrected chi connectivity index (χ2v) is 5.11. The Morgan fingerprint density at radius 3 is 2.65 bits per heavy atom. The summed E-state index contributed by atoms with van der Waals surface area (Å²) in [4.78, 5) is 11.8. The number of carbonyl (C=O) groups is 1. The number of amides is 1. The number of carbonyl (C=O) groups excluding carboxylic acids is 1. The van der Waals surface area contributed by atoms with Gasteiger partial charge in [0.25, 0.3) is 0 Å². The summed E-state index contributed by atoms with van der Waals surface area (Å²) in [7, 11) is 0. The van der Waals surface area contributed by atoms with Crippen LogP contribution in [0.4, 0.5) is 11.6 Å². The van der Waals surface area contributed by atoms with Crippen LogP contribution in [0.2, 0.25) is 0 Å². The van der Waals surface area contributed by atoms with E-state index in [-0.39, 0.29) is 5.91 Å². The topological polar surface area (TPSA) is 68.3 Å². The molecule has 90 valence electrons. The Morgan fingerprint density at radius 1 is 1.29 bits per heavy atom. The predicted molar refractivity (Wildman–Crippen MR) is 68.7 cm³/mol. The van der Waals surface area contributed by atoms with Crippen LogP contribution < -0.4 is 11.1 Å². The standard InChI is InChI=1S/C13H16N2O2/c1-13(2,3)12(16)15-11-7-8-6-9(14)4-5-10(8)17-11/h4-7H,14H2,1-3H3,(H,15,16). The number of nitrogen functional groups attached to an aromatic ring is 1. The molecule has 2 aromatic rings. The molecule has 4 nitrogen and oxygen atoms in total. The number of anilines is 2. The Labute approximate surface area is 99.8 Å². The Hall–Kier alpha value is -1.97. The van der Waals surface area contributed by atoms with Gasteiger partial charge < -0.3 is 10.2 Å². The maximum absolute atomic E-state index is 11.8. The van der Waals surface area contributed by atoms with E-state index in [0.717, 1.165) is 5.39 Å². The summed E-state index contributed by atoms with van der Waals surface area (Å²) in [6.45, 7) is 5.55. The second-order valence-electron chi connectivity index (χ2n) is 5.11. The molecule has 0 atom stereocenters. The molecular weight excluding hydrogens is 216 g/mol. The van der Waals surface area contributed by atoms with Crippen LogP contribution in [0.1, 0.15) is 20.8 Å². The van der Waals surface area contributed by atoms with Crippen molar-refractivity contribution < 1.29 is 9.21 Å². The molecule has 3 N–H and O–H groups in total. The lowest BCUT2D eigenvalue weighted by atomic mass is 9.96. The third kappa shape index (κ3) is 2.41. The summed E-state index contributed by atoms with van der Waals surface area (Å²) in [5, 5.41) is 3.63. The SMILES string of the molecule is CC(C)(C)C(=O)Nc1cc2cc(N)ccc2o1. The third-order valence-corrected chi connectivity index (χ3v) is 2.46. The molecule has 0 bridgehead atoms. The van der Waals surface area contributed by atoms with Crippen molar-refractivity contribution in [2.75, 3.05) is 11.1 Å². The molecule has 0 saturated heterocycles. The van der Waals surface area contributed by atoms with E-state index in [0.29, 0.717) is 17.2 Å². The molecule has 0 saturated carbocycles. The van der Waals surface area contributed by atoms with E-state index in [1.807, 2.05) is 26.8 Å². The van der Waals surface area contributed by atoms with E-state index in [9.17, 15) is 4.79 Å². The minimum atomic E-state index is -0.446. The molecule has 17 heavy (non-hydrogen) atoms. The number of hydrogen-bond donors (Lipinski definition) is 2. The van der Waals surface area contributed by atoms with Gasteiger partial charge in [-0.3, -0.25) is 10.1 Å². The zero-order valence-corrected chi connectivity index (χ0v) is 10.2. The number of benzene rings is 1. The summed E-state index contributed by atoms with van der Waals surface area (Å²) >= 11 is 0. The molecule has 2 rings (SSSR count). The third-order valence-electron chi connectivity index (χ3n) is 2.46. The van der Waals surface area contributed by atoms with E-state index >= 15 is 0 Å². The summed E-state index contributed by atoms with van der Waals surface area (Å²) in [5.41, 5.74) is 6.61. The van der Waals surface area contributed by atoms with Crippen LogP contribution >= 0.6 is 0 Å². The Bertz CT molecular complexity index is 564. The molecule has 1 aromatic carbocycles. The van der Waals surface area contributed by atoms with E-state index in [4.69, 9.17) is 10.2 Å². The summed E-state index contributed by atoms with van der Waals surface area (Å²) in [6, 6.07) is 7.14. The van der Waals surface area contributed by atoms with Crippen molar-refractivity contribution in [2.45, 2.75) is 20.8 Å². The highest BCUT2D eigenvalue weighted by Crippen LogP contribution is 2.26. The lowest BCUT2D eigenvalue weighted by molar-refractivity contribution is -0.123. The van der Waals surface area contributed by atoms with Gasteiger partial charge in [-0.15, -0.1) is 0 Å². The normalized spacial score (nSPS) is 11.7. The summed E-state index contributed by atoms with van der Waals surface area (Å²) in [6.07, 6.45) is 0. The van der Waals surface area contributed by atoms with Gasteiger partial charge in [-0.25, -0.2) is 0 Å². The van der Waals surface area contributed by atoms with E-state index in [2.05, 4.69) is 5.32 Å². The number of fused-ring (bicyclic) bond motifs is 1. The molecule has 0 unspecified atom stereocenters. The minimum Gasteiger partial charge on any atom is -0.440 e. The fourth-order valence-corrected chi connectivity index (χ4v) is 1.42. The number of hydrogen-bond acceptors (Lipinski definition) is 3. The quantitative estimate of drug-likeness (QED) is 0.742. The number of nitrogens with two attached hydrogens (primary N) is 1. The highest BCUT2D eigenvalue weighted by Gasteiger charge is 2.22. The molecular formula is C13H16N2O2. The molecule has 1 heterocycles. The van der Waals surface area contributed by atoms with Crippen LogP contribution in [-0.4, -0.2) is 5.91 Å². The van der Waals surface area contributed by atoms with Gasteiger partial charge in [-0.2, -0.15) is 0 Å². The van der Waals surface area contributed by atoms with E-state index < -0.39 is 5.41 Å². The first-order valence-corrected chi connectivity index (χ1v) is 5.47.